The number of ether oxygens (including phenoxy) is 1. The number of hydrogen-bond acceptors (Lipinski definition) is 4. The van der Waals surface area contributed by atoms with Crippen LogP contribution in [0.4, 0.5) is 0 Å². The summed E-state index contributed by atoms with van der Waals surface area (Å²) in [5.74, 6) is -0.375. The van der Waals surface area contributed by atoms with Crippen LogP contribution in [-0.2, 0) is 14.3 Å². The van der Waals surface area contributed by atoms with Gasteiger partial charge in [0.1, 0.15) is 11.8 Å². The van der Waals surface area contributed by atoms with Gasteiger partial charge in [0, 0.05) is 12.6 Å². The minimum Gasteiger partial charge on any atom is -0.508 e. The third-order valence-corrected chi connectivity index (χ3v) is 3.57. The molecule has 1 saturated heterocycles. The molecule has 112 valence electrons. The third kappa shape index (κ3) is 3.84. The molecule has 0 aromatic heterocycles. The molecule has 0 saturated carbocycles. The Bertz CT molecular complexity index is 536. The molecule has 2 rings (SSSR count). The van der Waals surface area contributed by atoms with Crippen LogP contribution < -0.4 is 0 Å². The van der Waals surface area contributed by atoms with Crippen molar-refractivity contribution in [2.75, 3.05) is 13.7 Å². The molecule has 0 bridgehead atoms. The molecular weight excluding hydrogens is 270 g/mol. The van der Waals surface area contributed by atoms with Crippen LogP contribution in [0.5, 0.6) is 5.75 Å². The van der Waals surface area contributed by atoms with E-state index in [1.807, 2.05) is 0 Å². The number of carbonyl (C=O) groups excluding carboxylic acids is 2. The summed E-state index contributed by atoms with van der Waals surface area (Å²) in [7, 11) is 1.34. The number of aromatic hydroxyl groups is 1. The number of rotatable bonds is 3. The van der Waals surface area contributed by atoms with Crippen molar-refractivity contribution >= 4 is 18.0 Å². The Morgan fingerprint density at radius 1 is 1.29 bits per heavy atom. The van der Waals surface area contributed by atoms with E-state index >= 15 is 0 Å². The summed E-state index contributed by atoms with van der Waals surface area (Å²) in [4.78, 5) is 25.5. The van der Waals surface area contributed by atoms with E-state index in [4.69, 9.17) is 4.74 Å². The van der Waals surface area contributed by atoms with Crippen LogP contribution in [0.1, 0.15) is 24.8 Å². The summed E-state index contributed by atoms with van der Waals surface area (Å²) in [5.41, 5.74) is 0.813. The number of benzene rings is 1. The van der Waals surface area contributed by atoms with Gasteiger partial charge >= 0.3 is 5.97 Å². The summed E-state index contributed by atoms with van der Waals surface area (Å²) >= 11 is 0. The third-order valence-electron chi connectivity index (χ3n) is 3.57. The first kappa shape index (κ1) is 15.1. The predicted molar refractivity (Wildman–Crippen MR) is 78.5 cm³/mol. The van der Waals surface area contributed by atoms with Crippen molar-refractivity contribution in [2.45, 2.75) is 25.3 Å². The van der Waals surface area contributed by atoms with E-state index in [1.54, 1.807) is 35.2 Å². The zero-order chi connectivity index (χ0) is 15.2. The van der Waals surface area contributed by atoms with E-state index in [0.717, 1.165) is 18.4 Å². The number of esters is 1. The van der Waals surface area contributed by atoms with Gasteiger partial charge < -0.3 is 14.7 Å². The van der Waals surface area contributed by atoms with E-state index in [2.05, 4.69) is 0 Å². The molecular formula is C16H19NO4. The molecule has 0 radical (unpaired) electrons. The topological polar surface area (TPSA) is 66.8 Å². The largest absolute Gasteiger partial charge is 0.508 e. The van der Waals surface area contributed by atoms with Crippen LogP contribution in [0.2, 0.25) is 0 Å². The van der Waals surface area contributed by atoms with Gasteiger partial charge in [0.2, 0.25) is 5.91 Å². The molecule has 1 aromatic rings. The van der Waals surface area contributed by atoms with Crippen LogP contribution in [-0.4, -0.2) is 41.6 Å². The number of piperidine rings is 1. The summed E-state index contributed by atoms with van der Waals surface area (Å²) in [6, 6.07) is 6.06. The van der Waals surface area contributed by atoms with E-state index < -0.39 is 6.04 Å². The highest BCUT2D eigenvalue weighted by atomic mass is 16.5. The molecule has 0 aliphatic carbocycles. The molecule has 1 aromatic carbocycles. The molecule has 21 heavy (non-hydrogen) atoms. The van der Waals surface area contributed by atoms with Crippen molar-refractivity contribution in [3.05, 3.63) is 35.9 Å². The number of hydrogen-bond donors (Lipinski definition) is 1. The Morgan fingerprint density at radius 3 is 2.67 bits per heavy atom. The molecule has 5 heteroatoms. The Balaban J connectivity index is 2.06. The van der Waals surface area contributed by atoms with Crippen molar-refractivity contribution in [3.63, 3.8) is 0 Å². The molecule has 1 fully saturated rings. The van der Waals surface area contributed by atoms with Crippen LogP contribution >= 0.6 is 0 Å². The summed E-state index contributed by atoms with van der Waals surface area (Å²) < 4.78 is 4.76. The zero-order valence-electron chi connectivity index (χ0n) is 12.0. The molecule has 1 unspecified atom stereocenters. The highest BCUT2D eigenvalue weighted by molar-refractivity contribution is 5.94. The number of nitrogens with zero attached hydrogens (tertiary/aromatic N) is 1. The van der Waals surface area contributed by atoms with E-state index in [-0.39, 0.29) is 17.6 Å². The fourth-order valence-electron chi connectivity index (χ4n) is 2.43. The van der Waals surface area contributed by atoms with Crippen molar-refractivity contribution in [1.82, 2.24) is 4.90 Å². The fraction of sp³-hybridized carbons (Fsp3) is 0.375. The lowest BCUT2D eigenvalue weighted by Crippen LogP contribution is -2.47. The maximum absolute atomic E-state index is 12.3. The molecule has 5 nitrogen and oxygen atoms in total. The average Bonchev–Trinajstić information content (AvgIpc) is 2.53. The zero-order valence-corrected chi connectivity index (χ0v) is 12.0. The van der Waals surface area contributed by atoms with Crippen LogP contribution in [0.25, 0.3) is 6.08 Å². The van der Waals surface area contributed by atoms with Gasteiger partial charge in [-0.25, -0.2) is 4.79 Å². The monoisotopic (exact) mass is 289 g/mol. The van der Waals surface area contributed by atoms with Gasteiger partial charge in [-0.1, -0.05) is 12.1 Å². The fourth-order valence-corrected chi connectivity index (χ4v) is 2.43. The SMILES string of the molecule is COC(=O)C1CCCCN1C(=O)/C=C/c1ccc(O)cc1. The van der Waals surface area contributed by atoms with Crippen molar-refractivity contribution < 1.29 is 19.4 Å². The van der Waals surface area contributed by atoms with Crippen molar-refractivity contribution in [1.29, 1.82) is 0 Å². The van der Waals surface area contributed by atoms with Crippen molar-refractivity contribution in [3.8, 4) is 5.75 Å². The Kier molecular flexibility index (Phi) is 4.98. The van der Waals surface area contributed by atoms with Gasteiger partial charge in [-0.3, -0.25) is 4.79 Å². The highest BCUT2D eigenvalue weighted by Crippen LogP contribution is 2.19. The number of phenolic OH excluding ortho intramolecular Hbond substituents is 1. The first-order valence-electron chi connectivity index (χ1n) is 6.97. The van der Waals surface area contributed by atoms with Gasteiger partial charge in [0.25, 0.3) is 0 Å². The standard InChI is InChI=1S/C16H19NO4/c1-21-16(20)14-4-2-3-11-17(14)15(19)10-7-12-5-8-13(18)9-6-12/h5-10,14,18H,2-4,11H2,1H3/b10-7+. The normalized spacial score (nSPS) is 18.7. The smallest absolute Gasteiger partial charge is 0.328 e. The minimum atomic E-state index is -0.485. The summed E-state index contributed by atoms with van der Waals surface area (Å²) in [6.07, 6.45) is 5.58. The second-order valence-corrected chi connectivity index (χ2v) is 4.99. The highest BCUT2D eigenvalue weighted by Gasteiger charge is 2.31. The number of carbonyl (C=O) groups is 2. The quantitative estimate of drug-likeness (QED) is 0.682. The van der Waals surface area contributed by atoms with Gasteiger partial charge in [-0.2, -0.15) is 0 Å². The first-order chi connectivity index (χ1) is 10.1. The predicted octanol–water partition coefficient (Wildman–Crippen LogP) is 1.96. The molecule has 1 heterocycles. The number of amides is 1. The molecule has 1 amide bonds. The maximum Gasteiger partial charge on any atom is 0.328 e. The molecule has 1 aliphatic rings. The van der Waals surface area contributed by atoms with Gasteiger partial charge in [0.15, 0.2) is 0 Å². The van der Waals surface area contributed by atoms with Crippen LogP contribution in [0, 0.1) is 0 Å². The molecule has 1 aliphatic heterocycles. The van der Waals surface area contributed by atoms with Crippen molar-refractivity contribution in [2.24, 2.45) is 0 Å². The Morgan fingerprint density at radius 2 is 2.00 bits per heavy atom. The minimum absolute atomic E-state index is 0.181. The second kappa shape index (κ2) is 6.92. The Labute approximate surface area is 123 Å². The lowest BCUT2D eigenvalue weighted by atomic mass is 10.0. The number of phenols is 1. The summed E-state index contributed by atoms with van der Waals surface area (Å²) in [6.45, 7) is 0.568. The lowest BCUT2D eigenvalue weighted by molar-refractivity contribution is -0.153. The molecule has 1 N–H and O–H groups in total. The summed E-state index contributed by atoms with van der Waals surface area (Å²) in [5, 5.41) is 9.21. The van der Waals surface area contributed by atoms with Gasteiger partial charge in [-0.15, -0.1) is 0 Å². The number of methoxy groups -OCH3 is 1. The number of likely N-dealkylation sites (tertiary alicyclic amines) is 1. The van der Waals surface area contributed by atoms with Crippen LogP contribution in [0.15, 0.2) is 30.3 Å². The molecule has 1 atom stereocenters. The lowest BCUT2D eigenvalue weighted by Gasteiger charge is -2.32. The maximum atomic E-state index is 12.3. The first-order valence-corrected chi connectivity index (χ1v) is 6.97. The average molecular weight is 289 g/mol. The second-order valence-electron chi connectivity index (χ2n) is 4.99. The van der Waals surface area contributed by atoms with Crippen LogP contribution in [0.3, 0.4) is 0 Å². The van der Waals surface area contributed by atoms with Gasteiger partial charge in [-0.05, 0) is 43.0 Å². The van der Waals surface area contributed by atoms with Gasteiger partial charge in [0.05, 0.1) is 7.11 Å². The Hall–Kier alpha value is -2.30. The van der Waals surface area contributed by atoms with E-state index in [0.29, 0.717) is 13.0 Å². The van der Waals surface area contributed by atoms with E-state index in [9.17, 15) is 14.7 Å². The van der Waals surface area contributed by atoms with E-state index in [1.165, 1.54) is 13.2 Å². The molecule has 0 spiro atoms.